The van der Waals surface area contributed by atoms with Gasteiger partial charge in [-0.2, -0.15) is 0 Å². The molecule has 2 N–H and O–H groups in total. The third-order valence-corrected chi connectivity index (χ3v) is 3.87. The van der Waals surface area contributed by atoms with E-state index in [-0.39, 0.29) is 0 Å². The molecule has 0 fully saturated rings. The molecule has 4 heteroatoms. The van der Waals surface area contributed by atoms with Crippen molar-refractivity contribution in [1.29, 1.82) is 0 Å². The van der Waals surface area contributed by atoms with Gasteiger partial charge in [-0.3, -0.25) is 0 Å². The molecule has 0 aliphatic heterocycles. The Balaban J connectivity index is 2.19. The second-order valence-electron chi connectivity index (χ2n) is 4.90. The molecule has 1 aliphatic carbocycles. The highest BCUT2D eigenvalue weighted by molar-refractivity contribution is 7.71. The highest BCUT2D eigenvalue weighted by Crippen LogP contribution is 2.35. The van der Waals surface area contributed by atoms with Crippen LogP contribution in [-0.4, -0.2) is 17.1 Å². The Morgan fingerprint density at radius 3 is 3.00 bits per heavy atom. The maximum absolute atomic E-state index is 5.29. The first-order valence-corrected chi connectivity index (χ1v) is 6.89. The largest absolute Gasteiger partial charge is 0.497 e. The first-order valence-electron chi connectivity index (χ1n) is 6.48. The van der Waals surface area contributed by atoms with Gasteiger partial charge in [-0.1, -0.05) is 12.2 Å². The maximum Gasteiger partial charge on any atom is 0.174 e. The second-order valence-corrected chi connectivity index (χ2v) is 5.31. The third kappa shape index (κ3) is 3.26. The van der Waals surface area contributed by atoms with Crippen molar-refractivity contribution < 1.29 is 4.74 Å². The molecule has 0 spiro atoms. The summed E-state index contributed by atoms with van der Waals surface area (Å²) in [7, 11) is 1.68. The predicted octanol–water partition coefficient (Wildman–Crippen LogP) is 4.06. The van der Waals surface area contributed by atoms with Gasteiger partial charge in [0.05, 0.1) is 7.11 Å². The summed E-state index contributed by atoms with van der Waals surface area (Å²) >= 11 is 5.07. The Hall–Kier alpha value is -1.55. The normalized spacial score (nSPS) is 19.9. The van der Waals surface area contributed by atoms with Gasteiger partial charge in [-0.25, -0.2) is 0 Å². The average Bonchev–Trinajstić information content (AvgIpc) is 2.95. The average molecular weight is 276 g/mol. The monoisotopic (exact) mass is 276 g/mol. The summed E-state index contributed by atoms with van der Waals surface area (Å²) in [5.74, 6) is 1.34. The number of allylic oxidation sites excluding steroid dienone is 4. The van der Waals surface area contributed by atoms with Crippen molar-refractivity contribution in [2.75, 3.05) is 7.11 Å². The fourth-order valence-corrected chi connectivity index (χ4v) is 2.78. The van der Waals surface area contributed by atoms with E-state index in [4.69, 9.17) is 17.0 Å². The van der Waals surface area contributed by atoms with Crippen molar-refractivity contribution >= 4 is 12.2 Å². The molecule has 1 aromatic heterocycles. The molecular weight excluding hydrogens is 256 g/mol. The summed E-state index contributed by atoms with van der Waals surface area (Å²) in [6.45, 7) is 5.97. The Morgan fingerprint density at radius 2 is 2.42 bits per heavy atom. The molecule has 0 bridgehead atoms. The van der Waals surface area contributed by atoms with E-state index < -0.39 is 0 Å². The van der Waals surface area contributed by atoms with E-state index in [2.05, 4.69) is 29.5 Å². The van der Waals surface area contributed by atoms with Crippen LogP contribution < -0.4 is 0 Å². The minimum Gasteiger partial charge on any atom is -0.497 e. The van der Waals surface area contributed by atoms with Crippen molar-refractivity contribution in [3.05, 3.63) is 52.3 Å². The number of rotatable bonds is 5. The SMILES string of the molecule is C=C/C(=C\C1=C(C)CCC1Cc1c[nH]c(=S)[nH]1)OC. The van der Waals surface area contributed by atoms with Crippen LogP contribution in [0, 0.1) is 10.7 Å². The van der Waals surface area contributed by atoms with Crippen LogP contribution in [0.5, 0.6) is 0 Å². The molecule has 19 heavy (non-hydrogen) atoms. The highest BCUT2D eigenvalue weighted by Gasteiger charge is 2.22. The van der Waals surface area contributed by atoms with Gasteiger partial charge in [0, 0.05) is 11.9 Å². The van der Waals surface area contributed by atoms with Crippen LogP contribution in [0.2, 0.25) is 0 Å². The molecule has 1 unspecified atom stereocenters. The minimum absolute atomic E-state index is 0.520. The molecule has 0 saturated carbocycles. The van der Waals surface area contributed by atoms with Crippen LogP contribution in [0.3, 0.4) is 0 Å². The summed E-state index contributed by atoms with van der Waals surface area (Å²) < 4.78 is 5.98. The smallest absolute Gasteiger partial charge is 0.174 e. The number of nitrogens with one attached hydrogen (secondary N) is 2. The zero-order chi connectivity index (χ0) is 13.8. The Kier molecular flexibility index (Phi) is 4.43. The lowest BCUT2D eigenvalue weighted by molar-refractivity contribution is 0.306. The van der Waals surface area contributed by atoms with Crippen LogP contribution in [0.4, 0.5) is 0 Å². The zero-order valence-corrected chi connectivity index (χ0v) is 12.3. The first-order chi connectivity index (χ1) is 9.13. The van der Waals surface area contributed by atoms with Gasteiger partial charge in [0.25, 0.3) is 0 Å². The molecule has 0 amide bonds. The van der Waals surface area contributed by atoms with Gasteiger partial charge in [-0.15, -0.1) is 0 Å². The van der Waals surface area contributed by atoms with Crippen LogP contribution in [0.15, 0.2) is 41.8 Å². The fraction of sp³-hybridized carbons (Fsp3) is 0.400. The van der Waals surface area contributed by atoms with Gasteiger partial charge < -0.3 is 14.7 Å². The van der Waals surface area contributed by atoms with E-state index in [9.17, 15) is 0 Å². The fourth-order valence-electron chi connectivity index (χ4n) is 2.59. The number of H-pyrrole nitrogens is 2. The van der Waals surface area contributed by atoms with E-state index in [0.717, 1.165) is 24.3 Å². The molecule has 0 saturated heterocycles. The van der Waals surface area contributed by atoms with Crippen LogP contribution in [-0.2, 0) is 11.2 Å². The van der Waals surface area contributed by atoms with Crippen molar-refractivity contribution in [3.8, 4) is 0 Å². The number of ether oxygens (including phenoxy) is 1. The Bertz CT molecular complexity index is 577. The number of hydrogen-bond donors (Lipinski definition) is 2. The van der Waals surface area contributed by atoms with Crippen molar-refractivity contribution in [3.63, 3.8) is 0 Å². The molecule has 1 heterocycles. The first kappa shape index (κ1) is 13.9. The van der Waals surface area contributed by atoms with Crippen molar-refractivity contribution in [1.82, 2.24) is 9.97 Å². The molecule has 0 radical (unpaired) electrons. The lowest BCUT2D eigenvalue weighted by atomic mass is 9.95. The van der Waals surface area contributed by atoms with E-state index >= 15 is 0 Å². The quantitative estimate of drug-likeness (QED) is 0.484. The number of aromatic amines is 2. The van der Waals surface area contributed by atoms with Gasteiger partial charge in [0.1, 0.15) is 5.76 Å². The van der Waals surface area contributed by atoms with Crippen LogP contribution in [0.25, 0.3) is 0 Å². The lowest BCUT2D eigenvalue weighted by Gasteiger charge is -2.12. The Morgan fingerprint density at radius 1 is 1.63 bits per heavy atom. The maximum atomic E-state index is 5.29. The lowest BCUT2D eigenvalue weighted by Crippen LogP contribution is -2.04. The van der Waals surface area contributed by atoms with E-state index in [1.165, 1.54) is 17.6 Å². The van der Waals surface area contributed by atoms with Crippen molar-refractivity contribution in [2.24, 2.45) is 5.92 Å². The van der Waals surface area contributed by atoms with E-state index in [1.54, 1.807) is 13.2 Å². The van der Waals surface area contributed by atoms with Crippen molar-refractivity contribution in [2.45, 2.75) is 26.2 Å². The molecule has 1 aromatic rings. The molecule has 0 aromatic carbocycles. The summed E-state index contributed by atoms with van der Waals surface area (Å²) in [5, 5.41) is 0. The summed E-state index contributed by atoms with van der Waals surface area (Å²) in [6.07, 6.45) is 9.13. The van der Waals surface area contributed by atoms with Crippen LogP contribution >= 0.6 is 12.2 Å². The third-order valence-electron chi connectivity index (χ3n) is 3.65. The van der Waals surface area contributed by atoms with E-state index in [0.29, 0.717) is 10.7 Å². The van der Waals surface area contributed by atoms with Gasteiger partial charge in [0.2, 0.25) is 0 Å². The topological polar surface area (TPSA) is 40.8 Å². The Labute approximate surface area is 119 Å². The molecule has 3 nitrogen and oxygen atoms in total. The predicted molar refractivity (Wildman–Crippen MR) is 80.4 cm³/mol. The number of methoxy groups -OCH3 is 1. The zero-order valence-electron chi connectivity index (χ0n) is 11.5. The summed E-state index contributed by atoms with van der Waals surface area (Å²) in [5.41, 5.74) is 3.97. The molecular formula is C15H20N2OS. The molecule has 102 valence electrons. The molecule has 1 atom stereocenters. The minimum atomic E-state index is 0.520. The summed E-state index contributed by atoms with van der Waals surface area (Å²) in [4.78, 5) is 6.20. The van der Waals surface area contributed by atoms with E-state index in [1.807, 2.05) is 6.20 Å². The second kappa shape index (κ2) is 6.06. The molecule has 1 aliphatic rings. The molecule has 2 rings (SSSR count). The van der Waals surface area contributed by atoms with Crippen LogP contribution in [0.1, 0.15) is 25.5 Å². The number of aromatic nitrogens is 2. The number of hydrogen-bond acceptors (Lipinski definition) is 2. The number of imidazole rings is 1. The van der Waals surface area contributed by atoms with Gasteiger partial charge >= 0.3 is 0 Å². The van der Waals surface area contributed by atoms with Gasteiger partial charge in [0.15, 0.2) is 4.77 Å². The highest BCUT2D eigenvalue weighted by atomic mass is 32.1. The summed E-state index contributed by atoms with van der Waals surface area (Å²) in [6, 6.07) is 0. The standard InChI is InChI=1S/C15H20N2OS/c1-4-13(18-3)8-14-10(2)5-6-11(14)7-12-9-16-15(19)17-12/h4,8-9,11H,1,5-7H2,2-3H3,(H2,16,17,19)/b13-8+. The van der Waals surface area contributed by atoms with Gasteiger partial charge in [-0.05, 0) is 62.0 Å².